The van der Waals surface area contributed by atoms with Crippen LogP contribution < -0.4 is 11.1 Å². The number of nitrogens with two attached hydrogens (primary N) is 1. The normalized spacial score (nSPS) is 15.0. The average Bonchev–Trinajstić information content (AvgIpc) is 3.35. The van der Waals surface area contributed by atoms with Gasteiger partial charge in [0.15, 0.2) is 0 Å². The minimum absolute atomic E-state index is 0.125. The molecule has 5 rings (SSSR count). The van der Waals surface area contributed by atoms with Crippen molar-refractivity contribution in [3.8, 4) is 11.1 Å². The molecule has 1 aliphatic rings. The number of rotatable bonds is 6. The van der Waals surface area contributed by atoms with Crippen molar-refractivity contribution in [2.24, 2.45) is 5.73 Å². The highest BCUT2D eigenvalue weighted by Crippen LogP contribution is 2.38. The van der Waals surface area contributed by atoms with Crippen LogP contribution in [0.2, 0.25) is 0 Å². The van der Waals surface area contributed by atoms with Crippen molar-refractivity contribution in [3.05, 3.63) is 83.3 Å². The van der Waals surface area contributed by atoms with Gasteiger partial charge in [-0.15, -0.1) is 0 Å². The van der Waals surface area contributed by atoms with E-state index in [1.807, 2.05) is 37.3 Å². The van der Waals surface area contributed by atoms with Crippen LogP contribution in [0.3, 0.4) is 0 Å². The number of benzene rings is 2. The minimum Gasteiger partial charge on any atom is -0.366 e. The highest BCUT2D eigenvalue weighted by Gasteiger charge is 2.27. The first-order valence-electron chi connectivity index (χ1n) is 12.4. The van der Waals surface area contributed by atoms with Gasteiger partial charge < -0.3 is 16.0 Å². The second-order valence-corrected chi connectivity index (χ2v) is 11.6. The third-order valence-corrected chi connectivity index (χ3v) is 8.54. The van der Waals surface area contributed by atoms with E-state index in [-0.39, 0.29) is 11.8 Å². The molecule has 196 valence electrons. The number of sulfonamides is 1. The van der Waals surface area contributed by atoms with E-state index in [1.165, 1.54) is 16.8 Å². The maximum atomic E-state index is 12.8. The molecule has 1 saturated heterocycles. The summed E-state index contributed by atoms with van der Waals surface area (Å²) in [7, 11) is -3.22. The zero-order valence-corrected chi connectivity index (χ0v) is 22.0. The highest BCUT2D eigenvalue weighted by atomic mass is 32.2. The van der Waals surface area contributed by atoms with Crippen LogP contribution in [0.5, 0.6) is 0 Å². The van der Waals surface area contributed by atoms with Crippen LogP contribution in [0.4, 0.5) is 5.69 Å². The fourth-order valence-electron chi connectivity index (χ4n) is 5.15. The van der Waals surface area contributed by atoms with Gasteiger partial charge in [0.25, 0.3) is 11.8 Å². The van der Waals surface area contributed by atoms with Gasteiger partial charge in [0.1, 0.15) is 0 Å². The summed E-state index contributed by atoms with van der Waals surface area (Å²) in [6.07, 6.45) is 5.72. The number of aromatic nitrogens is 2. The molecule has 0 aliphatic carbocycles. The Morgan fingerprint density at radius 1 is 1.08 bits per heavy atom. The lowest BCUT2D eigenvalue weighted by molar-refractivity contribution is 0.0998. The smallest absolute Gasteiger partial charge is 0.257 e. The first-order chi connectivity index (χ1) is 18.1. The van der Waals surface area contributed by atoms with E-state index in [4.69, 9.17) is 5.73 Å². The zero-order chi connectivity index (χ0) is 27.0. The number of primary amides is 1. The van der Waals surface area contributed by atoms with Crippen molar-refractivity contribution in [1.82, 2.24) is 14.3 Å². The number of pyridine rings is 1. The molecule has 4 aromatic rings. The molecular formula is C28H29N5O4S. The van der Waals surface area contributed by atoms with Crippen molar-refractivity contribution < 1.29 is 18.0 Å². The van der Waals surface area contributed by atoms with E-state index in [0.29, 0.717) is 48.3 Å². The fourth-order valence-corrected chi connectivity index (χ4v) is 6.03. The molecule has 1 aliphatic heterocycles. The highest BCUT2D eigenvalue weighted by molar-refractivity contribution is 7.88. The number of hydrogen-bond acceptors (Lipinski definition) is 5. The predicted molar refractivity (Wildman–Crippen MR) is 148 cm³/mol. The molecule has 2 aromatic heterocycles. The molecule has 0 spiro atoms. The molecule has 3 heterocycles. The molecule has 38 heavy (non-hydrogen) atoms. The molecule has 0 radical (unpaired) electrons. The van der Waals surface area contributed by atoms with E-state index < -0.39 is 15.9 Å². The summed E-state index contributed by atoms with van der Waals surface area (Å²) in [5.41, 5.74) is 11.5. The molecule has 0 saturated carbocycles. The summed E-state index contributed by atoms with van der Waals surface area (Å²) in [4.78, 5) is 32.5. The van der Waals surface area contributed by atoms with E-state index >= 15 is 0 Å². The van der Waals surface area contributed by atoms with Crippen molar-refractivity contribution in [1.29, 1.82) is 0 Å². The van der Waals surface area contributed by atoms with E-state index in [2.05, 4.69) is 15.3 Å². The van der Waals surface area contributed by atoms with E-state index in [9.17, 15) is 18.0 Å². The van der Waals surface area contributed by atoms with E-state index in [1.54, 1.807) is 24.4 Å². The quantitative estimate of drug-likeness (QED) is 0.345. The molecule has 4 N–H and O–H groups in total. The Hall–Kier alpha value is -4.02. The minimum atomic E-state index is -3.22. The van der Waals surface area contributed by atoms with Crippen LogP contribution in [0.1, 0.15) is 50.7 Å². The number of nitrogens with zero attached hydrogens (tertiary/aromatic N) is 2. The number of amides is 2. The standard InChI is InChI=1S/C28H29N5O4S/c1-17-20(6-3-7-24(17)32-28(35)19-5-4-12-30-16-19)21-8-9-22(27(29)34)26-23(21)15-25(31-26)18-10-13-33(14-11-18)38(2,36)37/h3-9,12,15-16,18,31H,10-11,13-14H2,1-2H3,(H2,29,34)(H,32,35). The van der Waals surface area contributed by atoms with Crippen LogP contribution in [-0.4, -0.2) is 53.9 Å². The van der Waals surface area contributed by atoms with Crippen LogP contribution in [0.25, 0.3) is 22.0 Å². The number of piperidine rings is 1. The van der Waals surface area contributed by atoms with Crippen molar-refractivity contribution in [3.63, 3.8) is 0 Å². The van der Waals surface area contributed by atoms with Gasteiger partial charge in [-0.1, -0.05) is 18.2 Å². The van der Waals surface area contributed by atoms with Gasteiger partial charge in [-0.25, -0.2) is 12.7 Å². The van der Waals surface area contributed by atoms with Gasteiger partial charge in [0, 0.05) is 48.2 Å². The maximum Gasteiger partial charge on any atom is 0.257 e. The molecule has 2 aromatic carbocycles. The molecule has 2 amide bonds. The lowest BCUT2D eigenvalue weighted by Gasteiger charge is -2.29. The van der Waals surface area contributed by atoms with Gasteiger partial charge in [-0.3, -0.25) is 14.6 Å². The van der Waals surface area contributed by atoms with Crippen LogP contribution in [0.15, 0.2) is 60.9 Å². The third-order valence-electron chi connectivity index (χ3n) is 7.24. The molecule has 0 atom stereocenters. The summed E-state index contributed by atoms with van der Waals surface area (Å²) >= 11 is 0. The number of hydrogen-bond donors (Lipinski definition) is 3. The maximum absolute atomic E-state index is 12.8. The molecule has 0 unspecified atom stereocenters. The topological polar surface area (TPSA) is 138 Å². The summed E-state index contributed by atoms with van der Waals surface area (Å²) in [5, 5.41) is 3.82. The Labute approximate surface area is 221 Å². The fraction of sp³-hybridized carbons (Fsp3) is 0.250. The Balaban J connectivity index is 1.53. The van der Waals surface area contributed by atoms with Gasteiger partial charge in [-0.2, -0.15) is 0 Å². The van der Waals surface area contributed by atoms with Gasteiger partial charge in [0.05, 0.1) is 22.9 Å². The van der Waals surface area contributed by atoms with Gasteiger partial charge in [0.2, 0.25) is 10.0 Å². The number of anilines is 1. The summed E-state index contributed by atoms with van der Waals surface area (Å²) in [6.45, 7) is 2.84. The molecule has 1 fully saturated rings. The Bertz CT molecular complexity index is 1640. The largest absolute Gasteiger partial charge is 0.366 e. The van der Waals surface area contributed by atoms with Crippen LogP contribution >= 0.6 is 0 Å². The monoisotopic (exact) mass is 531 g/mol. The SMILES string of the molecule is Cc1c(NC(=O)c2cccnc2)cccc1-c1ccc(C(N)=O)c2[nH]c(C3CCN(S(C)(=O)=O)CC3)cc12. The van der Waals surface area contributed by atoms with Gasteiger partial charge in [-0.05, 0) is 66.8 Å². The number of aromatic amines is 1. The average molecular weight is 532 g/mol. The van der Waals surface area contributed by atoms with Crippen LogP contribution in [0, 0.1) is 6.92 Å². The molecule has 10 heteroatoms. The number of carbonyl (C=O) groups excluding carboxylic acids is 2. The predicted octanol–water partition coefficient (Wildman–Crippen LogP) is 4.03. The number of fused-ring (bicyclic) bond motifs is 1. The summed E-state index contributed by atoms with van der Waals surface area (Å²) in [6, 6.07) is 14.8. The van der Waals surface area contributed by atoms with Gasteiger partial charge >= 0.3 is 0 Å². The molecule has 0 bridgehead atoms. The first-order valence-corrected chi connectivity index (χ1v) is 14.2. The number of nitrogens with one attached hydrogen (secondary N) is 2. The third kappa shape index (κ3) is 4.92. The molecule has 9 nitrogen and oxygen atoms in total. The Morgan fingerprint density at radius 2 is 1.84 bits per heavy atom. The molecular weight excluding hydrogens is 502 g/mol. The van der Waals surface area contributed by atoms with E-state index in [0.717, 1.165) is 27.8 Å². The second-order valence-electron chi connectivity index (χ2n) is 9.65. The van der Waals surface area contributed by atoms with Crippen molar-refractivity contribution in [2.45, 2.75) is 25.7 Å². The number of carbonyl (C=O) groups is 2. The summed E-state index contributed by atoms with van der Waals surface area (Å²) in [5.74, 6) is -0.659. The van der Waals surface area contributed by atoms with Crippen LogP contribution in [-0.2, 0) is 10.0 Å². The number of H-pyrrole nitrogens is 1. The zero-order valence-electron chi connectivity index (χ0n) is 21.2. The summed E-state index contributed by atoms with van der Waals surface area (Å²) < 4.78 is 25.4. The van der Waals surface area contributed by atoms with Crippen molar-refractivity contribution in [2.75, 3.05) is 24.7 Å². The lowest BCUT2D eigenvalue weighted by Crippen LogP contribution is -2.37. The Kier molecular flexibility index (Phi) is 6.77. The second kappa shape index (κ2) is 10.0. The first kappa shape index (κ1) is 25.6. The lowest BCUT2D eigenvalue weighted by atomic mass is 9.92. The Morgan fingerprint density at radius 3 is 2.50 bits per heavy atom. The van der Waals surface area contributed by atoms with Crippen molar-refractivity contribution >= 4 is 38.4 Å².